The van der Waals surface area contributed by atoms with E-state index >= 15 is 0 Å². The molecule has 0 aliphatic heterocycles. The summed E-state index contributed by atoms with van der Waals surface area (Å²) in [5, 5.41) is 7.41. The van der Waals surface area contributed by atoms with E-state index in [2.05, 4.69) is 36.5 Å². The molecule has 31 heavy (non-hydrogen) atoms. The Balaban J connectivity index is 1.56. The zero-order valence-electron chi connectivity index (χ0n) is 16.0. The van der Waals surface area contributed by atoms with Crippen molar-refractivity contribution in [2.45, 2.75) is 13.2 Å². The lowest BCUT2D eigenvalue weighted by atomic mass is 10.2. The van der Waals surface area contributed by atoms with Crippen LogP contribution in [0.5, 0.6) is 5.75 Å². The zero-order chi connectivity index (χ0) is 21.8. The highest BCUT2D eigenvalue weighted by molar-refractivity contribution is 9.10. The van der Waals surface area contributed by atoms with E-state index in [4.69, 9.17) is 28.6 Å². The van der Waals surface area contributed by atoms with Crippen molar-refractivity contribution in [3.63, 3.8) is 0 Å². The lowest BCUT2D eigenvalue weighted by molar-refractivity contribution is 0.297. The molecule has 4 rings (SSSR count). The number of ether oxygens (including phenoxy) is 1. The number of hydrogen-bond donors (Lipinski definition) is 2. The third-order valence-corrected chi connectivity index (χ3v) is 5.62. The van der Waals surface area contributed by atoms with Crippen LogP contribution in [0.3, 0.4) is 0 Å². The summed E-state index contributed by atoms with van der Waals surface area (Å²) < 4.78 is 23.0. The van der Waals surface area contributed by atoms with Gasteiger partial charge in [0.25, 0.3) is 0 Å². The first-order chi connectivity index (χ1) is 15.0. The highest BCUT2D eigenvalue weighted by Crippen LogP contribution is 2.27. The summed E-state index contributed by atoms with van der Waals surface area (Å²) >= 11 is 15.0. The maximum atomic E-state index is 14.1. The Hall–Kier alpha value is -2.75. The van der Waals surface area contributed by atoms with Gasteiger partial charge in [-0.15, -0.1) is 0 Å². The van der Waals surface area contributed by atoms with Crippen LogP contribution < -0.4 is 10.2 Å². The van der Waals surface area contributed by atoms with Crippen LogP contribution in [0.15, 0.2) is 65.4 Å². The lowest BCUT2D eigenvalue weighted by Gasteiger charge is -2.15. The van der Waals surface area contributed by atoms with E-state index in [1.54, 1.807) is 29.2 Å². The van der Waals surface area contributed by atoms with Crippen LogP contribution in [0.25, 0.3) is 11.4 Å². The second-order valence-electron chi connectivity index (χ2n) is 6.50. The van der Waals surface area contributed by atoms with Crippen molar-refractivity contribution in [1.29, 1.82) is 0 Å². The first-order valence-corrected chi connectivity index (χ1v) is 10.8. The van der Waals surface area contributed by atoms with Crippen LogP contribution in [-0.2, 0) is 13.2 Å². The smallest absolute Gasteiger partial charge is 0.214 e. The molecule has 0 saturated heterocycles. The summed E-state index contributed by atoms with van der Waals surface area (Å²) in [5.74, 6) is 0.814. The molecule has 0 unspecified atom stereocenters. The minimum absolute atomic E-state index is 0.00748. The first kappa shape index (κ1) is 21.5. The van der Waals surface area contributed by atoms with Crippen LogP contribution in [0.4, 0.5) is 4.39 Å². The minimum atomic E-state index is -0.406. The van der Waals surface area contributed by atoms with E-state index in [1.165, 1.54) is 6.07 Å². The Morgan fingerprint density at radius 1 is 1.19 bits per heavy atom. The van der Waals surface area contributed by atoms with Gasteiger partial charge in [0.15, 0.2) is 5.82 Å². The molecular formula is C21H16BrClFN5OS. The number of pyridine rings is 1. The fraction of sp³-hybridized carbons (Fsp3) is 0.0952. The molecule has 0 fully saturated rings. The van der Waals surface area contributed by atoms with Crippen molar-refractivity contribution in [2.24, 2.45) is 0 Å². The van der Waals surface area contributed by atoms with Gasteiger partial charge < -0.3 is 10.2 Å². The average molecular weight is 521 g/mol. The molecule has 0 radical (unpaired) electrons. The standard InChI is InChI=1S/C21H16BrClFN5OS/c22-15-4-5-19(30-12-16-17(23)2-1-3-18(16)24)14(10-15)11-26-29-20(27-28-21(29)31)13-6-8-25-9-7-13/h1-10,26H,11-12H2,(H,28,31). The predicted molar refractivity (Wildman–Crippen MR) is 124 cm³/mol. The number of hydrogen-bond acceptors (Lipinski definition) is 5. The van der Waals surface area contributed by atoms with Gasteiger partial charge in [0, 0.05) is 33.6 Å². The Morgan fingerprint density at radius 3 is 2.77 bits per heavy atom. The number of rotatable bonds is 7. The number of halogens is 3. The van der Waals surface area contributed by atoms with Gasteiger partial charge in [0.2, 0.25) is 4.77 Å². The molecule has 0 aliphatic rings. The third-order valence-electron chi connectivity index (χ3n) is 4.49. The fourth-order valence-corrected chi connectivity index (χ4v) is 3.77. The molecule has 0 saturated carbocycles. The summed E-state index contributed by atoms with van der Waals surface area (Å²) in [7, 11) is 0. The molecule has 2 aromatic carbocycles. The van der Waals surface area contributed by atoms with Gasteiger partial charge in [-0.2, -0.15) is 5.10 Å². The summed E-state index contributed by atoms with van der Waals surface area (Å²) in [4.78, 5) is 4.03. The fourth-order valence-electron chi connectivity index (χ4n) is 2.95. The summed E-state index contributed by atoms with van der Waals surface area (Å²) in [5.41, 5.74) is 5.27. The van der Waals surface area contributed by atoms with E-state index in [9.17, 15) is 4.39 Å². The van der Waals surface area contributed by atoms with Gasteiger partial charge in [-0.25, -0.2) is 14.2 Å². The van der Waals surface area contributed by atoms with Gasteiger partial charge in [-0.1, -0.05) is 33.6 Å². The molecule has 0 spiro atoms. The molecule has 4 aromatic rings. The van der Waals surface area contributed by atoms with Crippen molar-refractivity contribution < 1.29 is 9.13 Å². The number of H-pyrrole nitrogens is 1. The highest BCUT2D eigenvalue weighted by atomic mass is 79.9. The predicted octanol–water partition coefficient (Wildman–Crippen LogP) is 5.88. The van der Waals surface area contributed by atoms with Crippen LogP contribution >= 0.6 is 39.7 Å². The van der Waals surface area contributed by atoms with Gasteiger partial charge in [0.1, 0.15) is 18.2 Å². The van der Waals surface area contributed by atoms with E-state index < -0.39 is 5.82 Å². The second kappa shape index (κ2) is 9.59. The number of benzene rings is 2. The molecule has 0 atom stereocenters. The van der Waals surface area contributed by atoms with E-state index in [0.29, 0.717) is 33.5 Å². The quantitative estimate of drug-likeness (QED) is 0.298. The zero-order valence-corrected chi connectivity index (χ0v) is 19.1. The van der Waals surface area contributed by atoms with Gasteiger partial charge >= 0.3 is 0 Å². The maximum Gasteiger partial charge on any atom is 0.214 e. The normalized spacial score (nSPS) is 10.8. The Kier molecular flexibility index (Phi) is 6.64. The molecule has 2 N–H and O–H groups in total. The maximum absolute atomic E-state index is 14.1. The summed E-state index contributed by atoms with van der Waals surface area (Å²) in [6.07, 6.45) is 3.37. The van der Waals surface area contributed by atoms with Gasteiger partial charge in [-0.3, -0.25) is 4.98 Å². The summed E-state index contributed by atoms with van der Waals surface area (Å²) in [6.45, 7) is 0.388. The van der Waals surface area contributed by atoms with Crippen molar-refractivity contribution in [3.8, 4) is 17.1 Å². The molecular weight excluding hydrogens is 505 g/mol. The van der Waals surface area contributed by atoms with Gasteiger partial charge in [0.05, 0.1) is 11.6 Å². The van der Waals surface area contributed by atoms with Crippen LogP contribution in [-0.4, -0.2) is 19.9 Å². The average Bonchev–Trinajstić information content (AvgIpc) is 3.14. The van der Waals surface area contributed by atoms with Crippen molar-refractivity contribution in [1.82, 2.24) is 19.9 Å². The third kappa shape index (κ3) is 4.95. The number of aromatic nitrogens is 4. The summed E-state index contributed by atoms with van der Waals surface area (Å²) in [6, 6.07) is 13.8. The largest absolute Gasteiger partial charge is 0.488 e. The number of aromatic amines is 1. The number of nitrogens with one attached hydrogen (secondary N) is 2. The van der Waals surface area contributed by atoms with Crippen molar-refractivity contribution >= 4 is 39.7 Å². The first-order valence-electron chi connectivity index (χ1n) is 9.19. The monoisotopic (exact) mass is 519 g/mol. The number of nitrogens with zero attached hydrogens (tertiary/aromatic N) is 3. The highest BCUT2D eigenvalue weighted by Gasteiger charge is 2.12. The molecule has 0 bridgehead atoms. The minimum Gasteiger partial charge on any atom is -0.488 e. The van der Waals surface area contributed by atoms with Crippen LogP contribution in [0.2, 0.25) is 5.02 Å². The van der Waals surface area contributed by atoms with E-state index in [-0.39, 0.29) is 6.61 Å². The molecule has 2 heterocycles. The van der Waals surface area contributed by atoms with Crippen molar-refractivity contribution in [2.75, 3.05) is 5.43 Å². The Morgan fingerprint density at radius 2 is 2.00 bits per heavy atom. The molecule has 158 valence electrons. The SMILES string of the molecule is Fc1cccc(Cl)c1COc1ccc(Br)cc1CNn1c(-c2ccncc2)n[nH]c1=S. The topological polar surface area (TPSA) is 67.8 Å². The second-order valence-corrected chi connectivity index (χ2v) is 8.21. The van der Waals surface area contributed by atoms with E-state index in [1.807, 2.05) is 30.3 Å². The molecule has 2 aromatic heterocycles. The molecule has 10 heteroatoms. The molecule has 0 amide bonds. The Labute approximate surface area is 196 Å². The Bertz CT molecular complexity index is 1240. The van der Waals surface area contributed by atoms with Crippen molar-refractivity contribution in [3.05, 3.63) is 92.1 Å². The van der Waals surface area contributed by atoms with Crippen LogP contribution in [0.1, 0.15) is 11.1 Å². The lowest BCUT2D eigenvalue weighted by Crippen LogP contribution is -2.16. The van der Waals surface area contributed by atoms with E-state index in [0.717, 1.165) is 15.6 Å². The molecule has 6 nitrogen and oxygen atoms in total. The molecule has 0 aliphatic carbocycles. The van der Waals surface area contributed by atoms with Crippen LogP contribution in [0, 0.1) is 10.6 Å². The van der Waals surface area contributed by atoms with Gasteiger partial charge in [-0.05, 0) is 54.7 Å².